The molecule has 0 aliphatic carbocycles. The molecule has 0 aromatic rings. The number of hydrogen-bond acceptors (Lipinski definition) is 5. The van der Waals surface area contributed by atoms with E-state index in [1.54, 1.807) is 7.11 Å². The number of hydrogen-bond donors (Lipinski definition) is 0. The van der Waals surface area contributed by atoms with Crippen LogP contribution < -0.4 is 0 Å². The van der Waals surface area contributed by atoms with Gasteiger partial charge in [-0.3, -0.25) is 0 Å². The summed E-state index contributed by atoms with van der Waals surface area (Å²) < 4.78 is 14.5. The zero-order chi connectivity index (χ0) is 8.27. The molecule has 2 atom stereocenters. The lowest BCUT2D eigenvalue weighted by Gasteiger charge is -2.08. The van der Waals surface area contributed by atoms with E-state index in [-0.39, 0.29) is 12.3 Å². The smallest absolute Gasteiger partial charge is 0.345 e. The van der Waals surface area contributed by atoms with Gasteiger partial charge < -0.3 is 14.2 Å². The number of ether oxygens (including phenoxy) is 3. The summed E-state index contributed by atoms with van der Waals surface area (Å²) in [6, 6.07) is 0. The van der Waals surface area contributed by atoms with Crippen molar-refractivity contribution in [1.82, 2.24) is 0 Å². The predicted molar refractivity (Wildman–Crippen MR) is 40.1 cm³/mol. The monoisotopic (exact) mass is 178 g/mol. The standard InChI is InChI=1S/C6H10O4S/c1-8-4-3-11-6(10-4)5(7)9-2/h4,6H,3H2,1-2H3/t4-,6-/m1/s1. The molecule has 0 radical (unpaired) electrons. The Labute approximate surface area is 69.2 Å². The molecule has 0 saturated carbocycles. The molecule has 0 amide bonds. The van der Waals surface area contributed by atoms with Crippen LogP contribution in [0.5, 0.6) is 0 Å². The van der Waals surface area contributed by atoms with Gasteiger partial charge in [-0.05, 0) is 0 Å². The maximum absolute atomic E-state index is 10.9. The van der Waals surface area contributed by atoms with Gasteiger partial charge in [-0.2, -0.15) is 0 Å². The third kappa shape index (κ3) is 2.08. The lowest BCUT2D eigenvalue weighted by molar-refractivity contribution is -0.161. The Morgan fingerprint density at radius 2 is 2.36 bits per heavy atom. The van der Waals surface area contributed by atoms with Gasteiger partial charge in [0.15, 0.2) is 6.29 Å². The first-order chi connectivity index (χ1) is 5.27. The molecule has 0 aromatic carbocycles. The molecule has 1 aliphatic rings. The third-order valence-electron chi connectivity index (χ3n) is 1.32. The van der Waals surface area contributed by atoms with Crippen molar-refractivity contribution in [1.29, 1.82) is 0 Å². The fraction of sp³-hybridized carbons (Fsp3) is 0.833. The number of carbonyl (C=O) groups excluding carboxylic acids is 1. The van der Waals surface area contributed by atoms with Crippen LogP contribution in [0.2, 0.25) is 0 Å². The summed E-state index contributed by atoms with van der Waals surface area (Å²) in [5.41, 5.74) is -0.509. The van der Waals surface area contributed by atoms with Crippen molar-refractivity contribution in [3.63, 3.8) is 0 Å². The quantitative estimate of drug-likeness (QED) is 0.566. The maximum atomic E-state index is 10.9. The number of rotatable bonds is 2. The molecule has 1 aliphatic heterocycles. The van der Waals surface area contributed by atoms with Crippen LogP contribution in [0.1, 0.15) is 0 Å². The molecule has 1 heterocycles. The topological polar surface area (TPSA) is 44.8 Å². The van der Waals surface area contributed by atoms with Gasteiger partial charge >= 0.3 is 5.97 Å². The van der Waals surface area contributed by atoms with E-state index in [0.717, 1.165) is 0 Å². The van der Waals surface area contributed by atoms with Gasteiger partial charge in [0.1, 0.15) is 0 Å². The summed E-state index contributed by atoms with van der Waals surface area (Å²) >= 11 is 1.39. The molecule has 0 N–H and O–H groups in total. The highest BCUT2D eigenvalue weighted by atomic mass is 32.2. The minimum atomic E-state index is -0.509. The number of esters is 1. The summed E-state index contributed by atoms with van der Waals surface area (Å²) in [6.45, 7) is 0. The Morgan fingerprint density at radius 1 is 1.64 bits per heavy atom. The van der Waals surface area contributed by atoms with E-state index < -0.39 is 5.44 Å². The lowest BCUT2D eigenvalue weighted by Crippen LogP contribution is -2.21. The van der Waals surface area contributed by atoms with Crippen LogP contribution in [0, 0.1) is 0 Å². The lowest BCUT2D eigenvalue weighted by atomic mass is 10.7. The first-order valence-electron chi connectivity index (χ1n) is 3.15. The fourth-order valence-electron chi connectivity index (χ4n) is 0.726. The zero-order valence-electron chi connectivity index (χ0n) is 6.40. The molecule has 1 fully saturated rings. The SMILES string of the molecule is COC(=O)[C@@H]1O[C@@H](OC)CS1. The van der Waals surface area contributed by atoms with Crippen LogP contribution >= 0.6 is 11.8 Å². The van der Waals surface area contributed by atoms with Crippen molar-refractivity contribution >= 4 is 17.7 Å². The van der Waals surface area contributed by atoms with E-state index in [2.05, 4.69) is 4.74 Å². The maximum Gasteiger partial charge on any atom is 0.345 e. The number of thioether (sulfide) groups is 1. The molecule has 0 spiro atoms. The van der Waals surface area contributed by atoms with Gasteiger partial charge in [-0.15, -0.1) is 11.8 Å². The van der Waals surface area contributed by atoms with Crippen LogP contribution in [0.4, 0.5) is 0 Å². The number of methoxy groups -OCH3 is 2. The highest BCUT2D eigenvalue weighted by Gasteiger charge is 2.31. The van der Waals surface area contributed by atoms with E-state index in [0.29, 0.717) is 5.75 Å². The Morgan fingerprint density at radius 3 is 2.82 bits per heavy atom. The van der Waals surface area contributed by atoms with Crippen molar-refractivity contribution in [3.8, 4) is 0 Å². The Balaban J connectivity index is 2.35. The molecule has 0 bridgehead atoms. The van der Waals surface area contributed by atoms with E-state index in [1.165, 1.54) is 18.9 Å². The normalized spacial score (nSPS) is 30.4. The Kier molecular flexibility index (Phi) is 3.16. The van der Waals surface area contributed by atoms with Gasteiger partial charge in [-0.25, -0.2) is 4.79 Å². The Hall–Kier alpha value is -0.260. The molecule has 5 heteroatoms. The molecular weight excluding hydrogens is 168 g/mol. The first kappa shape index (κ1) is 8.83. The van der Waals surface area contributed by atoms with Crippen molar-refractivity contribution in [2.45, 2.75) is 11.7 Å². The second-order valence-corrected chi connectivity index (χ2v) is 3.08. The molecule has 11 heavy (non-hydrogen) atoms. The first-order valence-corrected chi connectivity index (χ1v) is 4.20. The minimum Gasteiger partial charge on any atom is -0.466 e. The minimum absolute atomic E-state index is 0.274. The summed E-state index contributed by atoms with van der Waals surface area (Å²) in [5, 5.41) is 0. The highest BCUT2D eigenvalue weighted by molar-refractivity contribution is 8.00. The van der Waals surface area contributed by atoms with E-state index in [4.69, 9.17) is 9.47 Å². The van der Waals surface area contributed by atoms with Gasteiger partial charge in [0.2, 0.25) is 5.44 Å². The van der Waals surface area contributed by atoms with Crippen molar-refractivity contribution in [2.24, 2.45) is 0 Å². The van der Waals surface area contributed by atoms with Crippen LogP contribution in [-0.4, -0.2) is 37.7 Å². The molecule has 1 saturated heterocycles. The van der Waals surface area contributed by atoms with Gasteiger partial charge in [0, 0.05) is 12.9 Å². The molecule has 0 unspecified atom stereocenters. The summed E-state index contributed by atoms with van der Waals surface area (Å²) in [6.07, 6.45) is -0.274. The molecule has 64 valence electrons. The number of carbonyl (C=O) groups is 1. The average molecular weight is 178 g/mol. The Bertz CT molecular complexity index is 150. The molecule has 1 rings (SSSR count). The second kappa shape index (κ2) is 3.94. The average Bonchev–Trinajstić information content (AvgIpc) is 2.50. The van der Waals surface area contributed by atoms with Crippen molar-refractivity contribution in [3.05, 3.63) is 0 Å². The molecular formula is C6H10O4S. The fourth-order valence-corrected chi connectivity index (χ4v) is 1.71. The van der Waals surface area contributed by atoms with Crippen molar-refractivity contribution < 1.29 is 19.0 Å². The zero-order valence-corrected chi connectivity index (χ0v) is 7.22. The van der Waals surface area contributed by atoms with Gasteiger partial charge in [0.05, 0.1) is 7.11 Å². The third-order valence-corrected chi connectivity index (χ3v) is 2.39. The summed E-state index contributed by atoms with van der Waals surface area (Å²) in [5.74, 6) is 0.325. The summed E-state index contributed by atoms with van der Waals surface area (Å²) in [7, 11) is 2.89. The molecule has 4 nitrogen and oxygen atoms in total. The van der Waals surface area contributed by atoms with Gasteiger partial charge in [-0.1, -0.05) is 0 Å². The largest absolute Gasteiger partial charge is 0.466 e. The van der Waals surface area contributed by atoms with Gasteiger partial charge in [0.25, 0.3) is 0 Å². The van der Waals surface area contributed by atoms with Crippen LogP contribution in [0.15, 0.2) is 0 Å². The second-order valence-electron chi connectivity index (χ2n) is 1.99. The predicted octanol–water partition coefficient (Wildman–Crippen LogP) is 0.221. The van der Waals surface area contributed by atoms with E-state index in [9.17, 15) is 4.79 Å². The van der Waals surface area contributed by atoms with Crippen LogP contribution in [0.3, 0.4) is 0 Å². The van der Waals surface area contributed by atoms with E-state index >= 15 is 0 Å². The molecule has 0 aromatic heterocycles. The van der Waals surface area contributed by atoms with Crippen LogP contribution in [-0.2, 0) is 19.0 Å². The van der Waals surface area contributed by atoms with Crippen molar-refractivity contribution in [2.75, 3.05) is 20.0 Å². The van der Waals surface area contributed by atoms with E-state index in [1.807, 2.05) is 0 Å². The highest BCUT2D eigenvalue weighted by Crippen LogP contribution is 2.25. The van der Waals surface area contributed by atoms with Crippen LogP contribution in [0.25, 0.3) is 0 Å². The summed E-state index contributed by atoms with van der Waals surface area (Å²) in [4.78, 5) is 10.9.